The van der Waals surface area contributed by atoms with Crippen molar-refractivity contribution >= 4 is 17.1 Å². The quantitative estimate of drug-likeness (QED) is 0.602. The Balaban J connectivity index is 2.01. The third kappa shape index (κ3) is 3.30. The van der Waals surface area contributed by atoms with Crippen LogP contribution in [0.15, 0.2) is 36.4 Å². The van der Waals surface area contributed by atoms with E-state index in [1.54, 1.807) is 6.07 Å². The van der Waals surface area contributed by atoms with E-state index in [-0.39, 0.29) is 24.5 Å². The number of anilines is 1. The molecule has 1 aliphatic rings. The van der Waals surface area contributed by atoms with Gasteiger partial charge in [0.05, 0.1) is 15.4 Å². The van der Waals surface area contributed by atoms with Crippen LogP contribution in [0.5, 0.6) is 0 Å². The molecule has 0 unspecified atom stereocenters. The highest BCUT2D eigenvalue weighted by molar-refractivity contribution is 5.61. The van der Waals surface area contributed by atoms with Crippen LogP contribution in [0.4, 0.5) is 30.2 Å². The molecule has 3 rings (SSSR count). The Kier molecular flexibility index (Phi) is 4.26. The van der Waals surface area contributed by atoms with E-state index in [9.17, 15) is 33.4 Å². The summed E-state index contributed by atoms with van der Waals surface area (Å²) in [6.07, 6.45) is -4.34. The highest BCUT2D eigenvalue weighted by atomic mass is 19.4. The molecule has 1 heterocycles. The Labute approximate surface area is 145 Å². The number of nitro benzene ring substituents is 2. The number of nitrogens with zero attached hydrogens (tertiary/aromatic N) is 3. The second kappa shape index (κ2) is 6.28. The second-order valence-corrected chi connectivity index (χ2v) is 5.84. The average molecular weight is 367 g/mol. The summed E-state index contributed by atoms with van der Waals surface area (Å²) in [6.45, 7) is 0.323. The van der Waals surface area contributed by atoms with Gasteiger partial charge in [0.15, 0.2) is 0 Å². The molecule has 0 aliphatic carbocycles. The number of benzene rings is 2. The molecular weight excluding hydrogens is 355 g/mol. The van der Waals surface area contributed by atoms with Gasteiger partial charge in [0, 0.05) is 43.0 Å². The first-order valence-electron chi connectivity index (χ1n) is 7.53. The Hall–Kier alpha value is -3.17. The van der Waals surface area contributed by atoms with Crippen LogP contribution in [0.3, 0.4) is 0 Å². The van der Waals surface area contributed by atoms with Crippen LogP contribution in [0.2, 0.25) is 0 Å². The molecule has 0 spiro atoms. The summed E-state index contributed by atoms with van der Waals surface area (Å²) < 4.78 is 40.1. The van der Waals surface area contributed by atoms with Crippen molar-refractivity contribution in [2.45, 2.75) is 19.1 Å². The maximum atomic E-state index is 13.4. The molecule has 2 aromatic rings. The van der Waals surface area contributed by atoms with Crippen molar-refractivity contribution in [3.05, 3.63) is 73.3 Å². The molecule has 0 fully saturated rings. The average Bonchev–Trinajstić information content (AvgIpc) is 2.59. The summed E-state index contributed by atoms with van der Waals surface area (Å²) in [4.78, 5) is 21.7. The van der Waals surface area contributed by atoms with E-state index in [0.717, 1.165) is 17.7 Å². The summed E-state index contributed by atoms with van der Waals surface area (Å²) in [5.74, 6) is 0. The number of rotatable bonds is 3. The lowest BCUT2D eigenvalue weighted by molar-refractivity contribution is -0.385. The molecule has 0 amide bonds. The molecule has 0 N–H and O–H groups in total. The van der Waals surface area contributed by atoms with Gasteiger partial charge in [-0.1, -0.05) is 6.07 Å². The molecule has 136 valence electrons. The summed E-state index contributed by atoms with van der Waals surface area (Å²) in [5.41, 5.74) is -0.653. The van der Waals surface area contributed by atoms with E-state index in [4.69, 9.17) is 0 Å². The number of nitro groups is 2. The maximum absolute atomic E-state index is 13.4. The Morgan fingerprint density at radius 3 is 2.15 bits per heavy atom. The summed E-state index contributed by atoms with van der Waals surface area (Å²) in [6, 6.07) is 6.92. The predicted molar refractivity (Wildman–Crippen MR) is 85.9 cm³/mol. The van der Waals surface area contributed by atoms with Gasteiger partial charge in [-0.3, -0.25) is 20.2 Å². The van der Waals surface area contributed by atoms with Gasteiger partial charge >= 0.3 is 6.18 Å². The number of non-ortho nitro benzene ring substituents is 2. The Bertz CT molecular complexity index is 899. The predicted octanol–water partition coefficient (Wildman–Crippen LogP) is 4.08. The normalized spacial score (nSPS) is 14.0. The van der Waals surface area contributed by atoms with Crippen molar-refractivity contribution in [3.63, 3.8) is 0 Å². The summed E-state index contributed by atoms with van der Waals surface area (Å²) in [5, 5.41) is 21.7. The van der Waals surface area contributed by atoms with Crippen molar-refractivity contribution in [2.75, 3.05) is 11.4 Å². The standard InChI is InChI=1S/C16H12F3N3O4/c17-16(18,19)14-8-13(22(25)26)3-4-15(14)20-6-5-10-1-2-12(21(23)24)7-11(10)9-20/h1-4,7-8H,5-6,9H2. The van der Waals surface area contributed by atoms with E-state index >= 15 is 0 Å². The van der Waals surface area contributed by atoms with Crippen molar-refractivity contribution in [2.24, 2.45) is 0 Å². The van der Waals surface area contributed by atoms with E-state index in [1.807, 2.05) is 0 Å². The highest BCUT2D eigenvalue weighted by Gasteiger charge is 2.37. The van der Waals surface area contributed by atoms with Gasteiger partial charge in [0.2, 0.25) is 0 Å². The molecule has 1 aliphatic heterocycles. The third-order valence-electron chi connectivity index (χ3n) is 4.25. The Morgan fingerprint density at radius 1 is 0.923 bits per heavy atom. The molecule has 0 saturated heterocycles. The number of halogens is 3. The van der Waals surface area contributed by atoms with Crippen LogP contribution >= 0.6 is 0 Å². The lowest BCUT2D eigenvalue weighted by atomic mass is 9.97. The first kappa shape index (κ1) is 17.6. The zero-order valence-corrected chi connectivity index (χ0v) is 13.2. The molecule has 0 bridgehead atoms. The zero-order valence-electron chi connectivity index (χ0n) is 13.2. The highest BCUT2D eigenvalue weighted by Crippen LogP contribution is 2.40. The largest absolute Gasteiger partial charge is 0.418 e. The van der Waals surface area contributed by atoms with Gasteiger partial charge < -0.3 is 4.90 Å². The fourth-order valence-corrected chi connectivity index (χ4v) is 3.00. The SMILES string of the molecule is O=[N+]([O-])c1ccc2c(c1)CN(c1ccc([N+](=O)[O-])cc1C(F)(F)F)CC2. The third-order valence-corrected chi connectivity index (χ3v) is 4.25. The van der Waals surface area contributed by atoms with Crippen molar-refractivity contribution in [3.8, 4) is 0 Å². The van der Waals surface area contributed by atoms with E-state index in [1.165, 1.54) is 17.0 Å². The van der Waals surface area contributed by atoms with Crippen molar-refractivity contribution in [1.29, 1.82) is 0 Å². The number of hydrogen-bond donors (Lipinski definition) is 0. The smallest absolute Gasteiger partial charge is 0.366 e. The second-order valence-electron chi connectivity index (χ2n) is 5.84. The summed E-state index contributed by atoms with van der Waals surface area (Å²) >= 11 is 0. The lowest BCUT2D eigenvalue weighted by Crippen LogP contribution is -2.32. The monoisotopic (exact) mass is 367 g/mol. The molecular formula is C16H12F3N3O4. The zero-order chi connectivity index (χ0) is 19.1. The minimum absolute atomic E-state index is 0.0535. The molecule has 0 aromatic heterocycles. The lowest BCUT2D eigenvalue weighted by Gasteiger charge is -2.32. The molecule has 0 atom stereocenters. The number of hydrogen-bond acceptors (Lipinski definition) is 5. The van der Waals surface area contributed by atoms with E-state index in [0.29, 0.717) is 18.1 Å². The molecule has 26 heavy (non-hydrogen) atoms. The fourth-order valence-electron chi connectivity index (χ4n) is 3.00. The van der Waals surface area contributed by atoms with Crippen LogP contribution in [0, 0.1) is 20.2 Å². The van der Waals surface area contributed by atoms with Gasteiger partial charge in [0.25, 0.3) is 11.4 Å². The molecule has 10 heteroatoms. The van der Waals surface area contributed by atoms with Crippen molar-refractivity contribution < 1.29 is 23.0 Å². The minimum atomic E-state index is -4.76. The van der Waals surface area contributed by atoms with Gasteiger partial charge in [-0.25, -0.2) is 0 Å². The first-order valence-corrected chi connectivity index (χ1v) is 7.53. The van der Waals surface area contributed by atoms with E-state index < -0.39 is 27.3 Å². The van der Waals surface area contributed by atoms with E-state index in [2.05, 4.69) is 0 Å². The van der Waals surface area contributed by atoms with Crippen LogP contribution in [0.1, 0.15) is 16.7 Å². The molecule has 2 aromatic carbocycles. The Morgan fingerprint density at radius 2 is 1.54 bits per heavy atom. The number of fused-ring (bicyclic) bond motifs is 1. The van der Waals surface area contributed by atoms with Crippen LogP contribution in [-0.4, -0.2) is 16.4 Å². The molecule has 0 radical (unpaired) electrons. The maximum Gasteiger partial charge on any atom is 0.418 e. The van der Waals surface area contributed by atoms with Crippen LogP contribution in [-0.2, 0) is 19.1 Å². The molecule has 0 saturated carbocycles. The van der Waals surface area contributed by atoms with Gasteiger partial charge in [-0.15, -0.1) is 0 Å². The minimum Gasteiger partial charge on any atom is -0.366 e. The van der Waals surface area contributed by atoms with Crippen molar-refractivity contribution in [1.82, 2.24) is 0 Å². The van der Waals surface area contributed by atoms with Gasteiger partial charge in [-0.05, 0) is 23.6 Å². The first-order chi connectivity index (χ1) is 12.2. The summed E-state index contributed by atoms with van der Waals surface area (Å²) in [7, 11) is 0. The van der Waals surface area contributed by atoms with Gasteiger partial charge in [0.1, 0.15) is 0 Å². The van der Waals surface area contributed by atoms with Gasteiger partial charge in [-0.2, -0.15) is 13.2 Å². The fraction of sp³-hybridized carbons (Fsp3) is 0.250. The number of alkyl halides is 3. The van der Waals surface area contributed by atoms with Crippen LogP contribution < -0.4 is 4.90 Å². The molecule has 7 nitrogen and oxygen atoms in total. The van der Waals surface area contributed by atoms with Crippen LogP contribution in [0.25, 0.3) is 0 Å². The topological polar surface area (TPSA) is 89.5 Å².